The van der Waals surface area contributed by atoms with Crippen LogP contribution in [-0.2, 0) is 16.1 Å². The minimum absolute atomic E-state index is 0.360. The molecule has 1 aliphatic rings. The van der Waals surface area contributed by atoms with Crippen molar-refractivity contribution in [2.75, 3.05) is 0 Å². The van der Waals surface area contributed by atoms with Gasteiger partial charge in [0.05, 0.1) is 27.3 Å². The Bertz CT molecular complexity index is 935. The number of hydrogen-bond donors (Lipinski definition) is 0. The van der Waals surface area contributed by atoms with Gasteiger partial charge in [0.2, 0.25) is 0 Å². The largest absolute Gasteiger partial charge is 0.487 e. The van der Waals surface area contributed by atoms with Crippen LogP contribution in [0.5, 0.6) is 5.75 Å². The van der Waals surface area contributed by atoms with Gasteiger partial charge < -0.3 is 9.47 Å². The molecule has 2 aromatic rings. The van der Waals surface area contributed by atoms with Gasteiger partial charge in [-0.05, 0) is 76.4 Å². The Hall–Kier alpha value is -1.99. The van der Waals surface area contributed by atoms with Crippen molar-refractivity contribution in [1.29, 1.82) is 0 Å². The quantitative estimate of drug-likeness (QED) is 0.585. The molecule has 0 radical (unpaired) electrons. The fraction of sp³-hybridized carbons (Fsp3) is 0.211. The van der Waals surface area contributed by atoms with Gasteiger partial charge in [-0.1, -0.05) is 12.1 Å². The van der Waals surface area contributed by atoms with E-state index in [0.717, 1.165) is 34.1 Å². The molecule has 7 heteroatoms. The Morgan fingerprint density at radius 2 is 1.65 bits per heavy atom. The fourth-order valence-electron chi connectivity index (χ4n) is 2.34. The molecule has 0 atom stereocenters. The minimum Gasteiger partial charge on any atom is -0.487 e. The lowest BCUT2D eigenvalue weighted by atomic mass is 10.2. The van der Waals surface area contributed by atoms with Crippen LogP contribution in [0.25, 0.3) is 6.08 Å². The lowest BCUT2D eigenvalue weighted by Gasteiger charge is -2.10. The third-order valence-corrected chi connectivity index (χ3v) is 5.96. The van der Waals surface area contributed by atoms with Crippen LogP contribution in [0.3, 0.4) is 0 Å². The van der Waals surface area contributed by atoms with E-state index in [4.69, 9.17) is 9.47 Å². The van der Waals surface area contributed by atoms with E-state index >= 15 is 0 Å². The SMILES string of the molecule is Cc1nc(C)c(COc2ccc(/C=C3\OC(=O)C(Br)=C3Br)cc2)nc1C. The smallest absolute Gasteiger partial charge is 0.351 e. The molecule has 0 bridgehead atoms. The second kappa shape index (κ2) is 7.72. The van der Waals surface area contributed by atoms with Gasteiger partial charge in [-0.15, -0.1) is 0 Å². The van der Waals surface area contributed by atoms with Gasteiger partial charge >= 0.3 is 5.97 Å². The molecule has 1 aromatic heterocycles. The van der Waals surface area contributed by atoms with Crippen molar-refractivity contribution < 1.29 is 14.3 Å². The van der Waals surface area contributed by atoms with Gasteiger partial charge in [-0.2, -0.15) is 0 Å². The zero-order valence-corrected chi connectivity index (χ0v) is 17.6. The van der Waals surface area contributed by atoms with Gasteiger partial charge in [0.15, 0.2) is 0 Å². The van der Waals surface area contributed by atoms with Crippen LogP contribution in [0.2, 0.25) is 0 Å². The van der Waals surface area contributed by atoms with Crippen LogP contribution in [0, 0.1) is 20.8 Å². The number of allylic oxidation sites excluding steroid dienone is 1. The normalized spacial score (nSPS) is 15.6. The summed E-state index contributed by atoms with van der Waals surface area (Å²) in [5.41, 5.74) is 4.44. The van der Waals surface area contributed by atoms with Crippen molar-refractivity contribution in [2.24, 2.45) is 0 Å². The third kappa shape index (κ3) is 4.04. The molecule has 2 heterocycles. The molecule has 0 N–H and O–H groups in total. The molecule has 1 aliphatic heterocycles. The summed E-state index contributed by atoms with van der Waals surface area (Å²) in [6, 6.07) is 7.50. The fourth-order valence-corrected chi connectivity index (χ4v) is 2.97. The number of carbonyl (C=O) groups is 1. The summed E-state index contributed by atoms with van der Waals surface area (Å²) in [5.74, 6) is 0.787. The molecule has 5 nitrogen and oxygen atoms in total. The Labute approximate surface area is 168 Å². The van der Waals surface area contributed by atoms with Crippen LogP contribution in [-0.4, -0.2) is 15.9 Å². The predicted octanol–water partition coefficient (Wildman–Crippen LogP) is 4.88. The van der Waals surface area contributed by atoms with Crippen molar-refractivity contribution >= 4 is 43.9 Å². The van der Waals surface area contributed by atoms with Gasteiger partial charge in [0.25, 0.3) is 0 Å². The van der Waals surface area contributed by atoms with Gasteiger partial charge in [-0.25, -0.2) is 4.79 Å². The molecular weight excluding hydrogens is 464 g/mol. The van der Waals surface area contributed by atoms with Crippen molar-refractivity contribution in [1.82, 2.24) is 9.97 Å². The maximum Gasteiger partial charge on any atom is 0.351 e. The maximum absolute atomic E-state index is 11.5. The number of aromatic nitrogens is 2. The van der Waals surface area contributed by atoms with Crippen molar-refractivity contribution in [3.63, 3.8) is 0 Å². The second-order valence-corrected chi connectivity index (χ2v) is 7.40. The van der Waals surface area contributed by atoms with Crippen LogP contribution >= 0.6 is 31.9 Å². The molecule has 3 rings (SSSR count). The van der Waals surface area contributed by atoms with Crippen LogP contribution in [0.15, 0.2) is 39.0 Å². The lowest BCUT2D eigenvalue weighted by molar-refractivity contribution is -0.132. The molecule has 26 heavy (non-hydrogen) atoms. The standard InChI is InChI=1S/C19H16Br2N2O3/c1-10-11(2)23-15(12(3)22-10)9-25-14-6-4-13(5-7-14)8-16-17(20)18(21)19(24)26-16/h4-8H,9H2,1-3H3/b16-8-. The minimum atomic E-state index is -0.409. The van der Waals surface area contributed by atoms with Crippen LogP contribution < -0.4 is 4.74 Å². The number of carbonyl (C=O) groups excluding carboxylic acids is 1. The van der Waals surface area contributed by atoms with Crippen LogP contribution in [0.1, 0.15) is 28.3 Å². The highest BCUT2D eigenvalue weighted by atomic mass is 79.9. The first kappa shape index (κ1) is 18.8. The number of esters is 1. The number of ether oxygens (including phenoxy) is 2. The maximum atomic E-state index is 11.5. The van der Waals surface area contributed by atoms with Crippen LogP contribution in [0.4, 0.5) is 0 Å². The number of aryl methyl sites for hydroxylation is 3. The number of benzene rings is 1. The Morgan fingerprint density at radius 1 is 1.00 bits per heavy atom. The van der Waals surface area contributed by atoms with Crippen molar-refractivity contribution in [3.05, 3.63) is 67.3 Å². The summed E-state index contributed by atoms with van der Waals surface area (Å²) in [5, 5.41) is 0. The zero-order valence-electron chi connectivity index (χ0n) is 14.5. The number of halogens is 2. The summed E-state index contributed by atoms with van der Waals surface area (Å²) in [7, 11) is 0. The first-order valence-corrected chi connectivity index (χ1v) is 9.47. The molecule has 0 amide bonds. The highest BCUT2D eigenvalue weighted by molar-refractivity contribution is 9.14. The summed E-state index contributed by atoms with van der Waals surface area (Å²) in [6.07, 6.45) is 1.78. The monoisotopic (exact) mass is 478 g/mol. The molecule has 0 unspecified atom stereocenters. The molecule has 0 spiro atoms. The van der Waals surface area contributed by atoms with E-state index in [9.17, 15) is 4.79 Å². The van der Waals surface area contributed by atoms with Gasteiger partial charge in [0.1, 0.15) is 22.6 Å². The average molecular weight is 480 g/mol. The third-order valence-electron chi connectivity index (χ3n) is 3.92. The summed E-state index contributed by atoms with van der Waals surface area (Å²) < 4.78 is 12.0. The highest BCUT2D eigenvalue weighted by Crippen LogP contribution is 2.35. The molecule has 0 saturated carbocycles. The predicted molar refractivity (Wildman–Crippen MR) is 106 cm³/mol. The van der Waals surface area contributed by atoms with E-state index in [1.54, 1.807) is 6.08 Å². The number of cyclic esters (lactones) is 1. The summed E-state index contributed by atoms with van der Waals surface area (Å²) >= 11 is 6.51. The summed E-state index contributed by atoms with van der Waals surface area (Å²) in [4.78, 5) is 20.5. The molecule has 0 fully saturated rings. The Balaban J connectivity index is 1.69. The van der Waals surface area contributed by atoms with E-state index in [-0.39, 0.29) is 0 Å². The molecule has 0 aliphatic carbocycles. The van der Waals surface area contributed by atoms with E-state index in [0.29, 0.717) is 21.3 Å². The Morgan fingerprint density at radius 3 is 2.27 bits per heavy atom. The van der Waals surface area contributed by atoms with Gasteiger partial charge in [0, 0.05) is 0 Å². The highest BCUT2D eigenvalue weighted by Gasteiger charge is 2.26. The summed E-state index contributed by atoms with van der Waals surface area (Å²) in [6.45, 7) is 6.17. The molecule has 134 valence electrons. The molecular formula is C19H16Br2N2O3. The first-order chi connectivity index (χ1) is 12.3. The number of rotatable bonds is 4. The van der Waals surface area contributed by atoms with Gasteiger partial charge in [-0.3, -0.25) is 9.97 Å². The lowest BCUT2D eigenvalue weighted by Crippen LogP contribution is -2.06. The van der Waals surface area contributed by atoms with Crippen molar-refractivity contribution in [3.8, 4) is 5.75 Å². The zero-order chi connectivity index (χ0) is 18.8. The molecule has 0 saturated heterocycles. The number of hydrogen-bond acceptors (Lipinski definition) is 5. The Kier molecular flexibility index (Phi) is 5.58. The molecule has 1 aromatic carbocycles. The first-order valence-electron chi connectivity index (χ1n) is 7.88. The van der Waals surface area contributed by atoms with E-state index in [2.05, 4.69) is 41.8 Å². The van der Waals surface area contributed by atoms with E-state index in [1.165, 1.54) is 0 Å². The van der Waals surface area contributed by atoms with E-state index < -0.39 is 5.97 Å². The second-order valence-electron chi connectivity index (χ2n) is 5.81. The van der Waals surface area contributed by atoms with E-state index in [1.807, 2.05) is 45.0 Å². The topological polar surface area (TPSA) is 61.3 Å². The number of nitrogens with zero attached hydrogens (tertiary/aromatic N) is 2. The average Bonchev–Trinajstić information content (AvgIpc) is 2.85. The van der Waals surface area contributed by atoms with Crippen molar-refractivity contribution in [2.45, 2.75) is 27.4 Å².